The summed E-state index contributed by atoms with van der Waals surface area (Å²) in [5.74, 6) is -3.92. The molecule has 3 aromatic rings. The largest absolute Gasteiger partial charge is 0.508 e. The van der Waals surface area contributed by atoms with Crippen LogP contribution in [0, 0.1) is 17.7 Å². The maximum Gasteiger partial charge on any atom is 0.250 e. The quantitative estimate of drug-likeness (QED) is 0.488. The van der Waals surface area contributed by atoms with Crippen LogP contribution in [0.15, 0.2) is 66.7 Å². The van der Waals surface area contributed by atoms with E-state index in [1.54, 1.807) is 30.3 Å². The summed E-state index contributed by atoms with van der Waals surface area (Å²) in [7, 11) is 0. The summed E-state index contributed by atoms with van der Waals surface area (Å²) in [5.41, 5.74) is 0.215. The summed E-state index contributed by atoms with van der Waals surface area (Å²) in [6.07, 6.45) is 0.309. The van der Waals surface area contributed by atoms with E-state index in [-0.39, 0.29) is 5.75 Å². The first-order valence-electron chi connectivity index (χ1n) is 11.1. The Balaban J connectivity index is 1.50. The number of nitrogens with one attached hydrogen (secondary N) is 2. The number of carbonyl (C=O) groups excluding carboxylic acids is 3. The van der Waals surface area contributed by atoms with Crippen molar-refractivity contribution in [2.75, 3.05) is 10.2 Å². The number of nitrogens with zero attached hydrogens (tertiary/aromatic N) is 1. The first-order valence-corrected chi connectivity index (χ1v) is 11.5. The fourth-order valence-corrected chi connectivity index (χ4v) is 5.89. The molecule has 0 saturated carbocycles. The Morgan fingerprint density at radius 2 is 1.77 bits per heavy atom. The third kappa shape index (κ3) is 3.10. The smallest absolute Gasteiger partial charge is 0.250 e. The normalized spacial score (nSPS) is 26.9. The Morgan fingerprint density at radius 3 is 2.51 bits per heavy atom. The number of halogens is 2. The number of imide groups is 1. The van der Waals surface area contributed by atoms with E-state index in [0.29, 0.717) is 28.4 Å². The first kappa shape index (κ1) is 21.8. The predicted molar refractivity (Wildman–Crippen MR) is 126 cm³/mol. The Hall–Kier alpha value is -3.75. The molecule has 1 spiro atoms. The van der Waals surface area contributed by atoms with Gasteiger partial charge in [0.1, 0.15) is 17.1 Å². The second kappa shape index (κ2) is 7.63. The van der Waals surface area contributed by atoms with Crippen LogP contribution in [-0.2, 0) is 26.3 Å². The third-order valence-electron chi connectivity index (χ3n) is 7.14. The highest BCUT2D eigenvalue weighted by Crippen LogP contribution is 2.54. The molecular formula is C26H19ClFN3O4. The summed E-state index contributed by atoms with van der Waals surface area (Å²) >= 11 is 6.13. The van der Waals surface area contributed by atoms with Crippen LogP contribution in [0.1, 0.15) is 11.1 Å². The number of hydrogen-bond acceptors (Lipinski definition) is 5. The van der Waals surface area contributed by atoms with Gasteiger partial charge in [-0.3, -0.25) is 19.7 Å². The zero-order chi connectivity index (χ0) is 24.5. The molecule has 35 heavy (non-hydrogen) atoms. The van der Waals surface area contributed by atoms with Gasteiger partial charge >= 0.3 is 0 Å². The number of benzene rings is 3. The minimum atomic E-state index is -1.61. The molecule has 176 valence electrons. The fourth-order valence-electron chi connectivity index (χ4n) is 5.70. The number of amides is 3. The number of rotatable bonds is 3. The molecule has 9 heteroatoms. The van der Waals surface area contributed by atoms with Gasteiger partial charge in [-0.15, -0.1) is 0 Å². The lowest BCUT2D eigenvalue weighted by molar-refractivity contribution is -0.130. The Bertz CT molecular complexity index is 1410. The molecule has 4 atom stereocenters. The lowest BCUT2D eigenvalue weighted by atomic mass is 9.76. The molecule has 7 nitrogen and oxygen atoms in total. The zero-order valence-corrected chi connectivity index (χ0v) is 18.9. The average Bonchev–Trinajstić information content (AvgIpc) is 3.40. The minimum absolute atomic E-state index is 0.0984. The van der Waals surface area contributed by atoms with Gasteiger partial charge in [-0.2, -0.15) is 0 Å². The van der Waals surface area contributed by atoms with E-state index >= 15 is 0 Å². The average molecular weight is 492 g/mol. The third-order valence-corrected chi connectivity index (χ3v) is 7.37. The highest BCUT2D eigenvalue weighted by molar-refractivity contribution is 6.31. The Kier molecular flexibility index (Phi) is 4.74. The summed E-state index contributed by atoms with van der Waals surface area (Å²) in [6, 6.07) is 16.2. The van der Waals surface area contributed by atoms with Gasteiger partial charge in [0.2, 0.25) is 17.7 Å². The van der Waals surface area contributed by atoms with Crippen LogP contribution < -0.4 is 15.5 Å². The van der Waals surface area contributed by atoms with Crippen molar-refractivity contribution < 1.29 is 23.9 Å². The zero-order valence-electron chi connectivity index (χ0n) is 18.2. The van der Waals surface area contributed by atoms with E-state index in [4.69, 9.17) is 11.6 Å². The number of aromatic hydroxyl groups is 1. The number of anilines is 2. The second-order valence-corrected chi connectivity index (χ2v) is 9.51. The molecule has 0 radical (unpaired) electrons. The van der Waals surface area contributed by atoms with Crippen LogP contribution in [0.4, 0.5) is 15.8 Å². The molecule has 3 aliphatic heterocycles. The van der Waals surface area contributed by atoms with Crippen LogP contribution in [0.2, 0.25) is 5.02 Å². The van der Waals surface area contributed by atoms with E-state index in [2.05, 4.69) is 10.6 Å². The van der Waals surface area contributed by atoms with Crippen molar-refractivity contribution in [2.45, 2.75) is 18.0 Å². The topological polar surface area (TPSA) is 98.7 Å². The van der Waals surface area contributed by atoms with E-state index in [1.165, 1.54) is 36.4 Å². The van der Waals surface area contributed by atoms with E-state index in [1.807, 2.05) is 0 Å². The number of carbonyl (C=O) groups is 3. The first-order chi connectivity index (χ1) is 16.8. The Morgan fingerprint density at radius 1 is 1.00 bits per heavy atom. The monoisotopic (exact) mass is 491 g/mol. The van der Waals surface area contributed by atoms with Crippen molar-refractivity contribution in [3.05, 3.63) is 88.7 Å². The van der Waals surface area contributed by atoms with Gasteiger partial charge < -0.3 is 10.4 Å². The molecule has 2 saturated heterocycles. The van der Waals surface area contributed by atoms with Gasteiger partial charge in [-0.1, -0.05) is 29.8 Å². The molecule has 2 fully saturated rings. The molecule has 3 amide bonds. The van der Waals surface area contributed by atoms with Crippen molar-refractivity contribution in [2.24, 2.45) is 11.8 Å². The van der Waals surface area contributed by atoms with Gasteiger partial charge in [0, 0.05) is 22.3 Å². The summed E-state index contributed by atoms with van der Waals surface area (Å²) < 4.78 is 14.3. The fraction of sp³-hybridized carbons (Fsp3) is 0.192. The molecule has 3 aromatic carbocycles. The SMILES string of the molecule is O=C1[C@H]2[C@@H](C(=O)N1c1cccc(Cl)c1)[C@@]1(N[C@@H]2Cc2ccc(O)cc2)C(=O)Nc2ccc(F)cc21. The van der Waals surface area contributed by atoms with Gasteiger partial charge in [0.05, 0.1) is 17.5 Å². The maximum absolute atomic E-state index is 14.3. The van der Waals surface area contributed by atoms with Gasteiger partial charge in [-0.05, 0) is 60.5 Å². The minimum Gasteiger partial charge on any atom is -0.508 e. The molecule has 0 aliphatic carbocycles. The molecule has 0 unspecified atom stereocenters. The van der Waals surface area contributed by atoms with Crippen molar-refractivity contribution >= 4 is 40.7 Å². The van der Waals surface area contributed by atoms with Crippen LogP contribution in [-0.4, -0.2) is 28.9 Å². The highest BCUT2D eigenvalue weighted by Gasteiger charge is 2.70. The summed E-state index contributed by atoms with van der Waals surface area (Å²) in [5, 5.41) is 16.0. The summed E-state index contributed by atoms with van der Waals surface area (Å²) in [6.45, 7) is 0. The van der Waals surface area contributed by atoms with E-state index in [9.17, 15) is 23.9 Å². The number of fused-ring (bicyclic) bond motifs is 4. The molecule has 3 heterocycles. The van der Waals surface area contributed by atoms with Crippen molar-refractivity contribution in [1.29, 1.82) is 0 Å². The molecular weight excluding hydrogens is 473 g/mol. The standard InChI is InChI=1S/C26H19ClFN3O4/c27-14-2-1-3-16(11-14)31-23(33)21-20(10-13-4-7-17(32)8-5-13)30-26(22(21)24(31)34)18-12-15(28)6-9-19(18)29-25(26)35/h1-9,11-12,20-22,30,32H,10H2,(H,29,35)/t20-,21-,22+,26-/m1/s1. The van der Waals surface area contributed by atoms with E-state index < -0.39 is 47.0 Å². The maximum atomic E-state index is 14.3. The van der Waals surface area contributed by atoms with Crippen molar-refractivity contribution in [1.82, 2.24) is 5.32 Å². The highest BCUT2D eigenvalue weighted by atomic mass is 35.5. The van der Waals surface area contributed by atoms with Crippen LogP contribution in [0.3, 0.4) is 0 Å². The van der Waals surface area contributed by atoms with Gasteiger partial charge in [-0.25, -0.2) is 9.29 Å². The molecule has 6 rings (SSSR count). The number of phenols is 1. The lowest BCUT2D eigenvalue weighted by Crippen LogP contribution is -2.53. The Labute approximate surface area is 204 Å². The van der Waals surface area contributed by atoms with E-state index in [0.717, 1.165) is 10.5 Å². The number of phenolic OH excluding ortho intramolecular Hbond substituents is 1. The summed E-state index contributed by atoms with van der Waals surface area (Å²) in [4.78, 5) is 42.2. The van der Waals surface area contributed by atoms with Crippen molar-refractivity contribution in [3.63, 3.8) is 0 Å². The molecule has 0 aromatic heterocycles. The second-order valence-electron chi connectivity index (χ2n) is 9.07. The number of hydrogen-bond donors (Lipinski definition) is 3. The molecule has 0 bridgehead atoms. The van der Waals surface area contributed by atoms with Gasteiger partial charge in [0.15, 0.2) is 0 Å². The molecule has 3 aliphatic rings. The van der Waals surface area contributed by atoms with Crippen LogP contribution in [0.5, 0.6) is 5.75 Å². The van der Waals surface area contributed by atoms with Gasteiger partial charge in [0.25, 0.3) is 0 Å². The van der Waals surface area contributed by atoms with Crippen LogP contribution in [0.25, 0.3) is 0 Å². The van der Waals surface area contributed by atoms with Crippen molar-refractivity contribution in [3.8, 4) is 5.75 Å². The molecule has 3 N–H and O–H groups in total. The lowest BCUT2D eigenvalue weighted by Gasteiger charge is -2.29. The predicted octanol–water partition coefficient (Wildman–Crippen LogP) is 3.35. The van der Waals surface area contributed by atoms with Crippen LogP contribution >= 0.6 is 11.6 Å².